The number of amides is 1. The van der Waals surface area contributed by atoms with Crippen molar-refractivity contribution in [1.29, 1.82) is 0 Å². The highest BCUT2D eigenvalue weighted by Gasteiger charge is 2.30. The van der Waals surface area contributed by atoms with E-state index < -0.39 is 16.1 Å². The molecule has 1 amide bonds. The van der Waals surface area contributed by atoms with Crippen molar-refractivity contribution in [1.82, 2.24) is 4.31 Å². The van der Waals surface area contributed by atoms with Crippen LogP contribution in [0.15, 0.2) is 41.3 Å². The Morgan fingerprint density at radius 3 is 2.46 bits per heavy atom. The summed E-state index contributed by atoms with van der Waals surface area (Å²) < 4.78 is 31.7. The third-order valence-corrected chi connectivity index (χ3v) is 6.94. The highest BCUT2D eigenvalue weighted by atomic mass is 32.2. The molecule has 2 aromatic rings. The van der Waals surface area contributed by atoms with E-state index in [0.717, 1.165) is 16.8 Å². The maximum atomic E-state index is 12.9. The molecule has 0 radical (unpaired) electrons. The van der Waals surface area contributed by atoms with E-state index in [1.54, 1.807) is 30.0 Å². The molecule has 3 rings (SSSR count). The highest BCUT2D eigenvalue weighted by molar-refractivity contribution is 7.89. The molecule has 7 heteroatoms. The van der Waals surface area contributed by atoms with Gasteiger partial charge in [0.2, 0.25) is 10.0 Å². The minimum atomic E-state index is -3.50. The minimum absolute atomic E-state index is 0.139. The van der Waals surface area contributed by atoms with Crippen molar-refractivity contribution in [3.8, 4) is 5.75 Å². The van der Waals surface area contributed by atoms with E-state index in [9.17, 15) is 13.2 Å². The number of hydrogen-bond acceptors (Lipinski definition) is 4. The van der Waals surface area contributed by atoms with Crippen molar-refractivity contribution in [3.63, 3.8) is 0 Å². The number of sulfonamides is 1. The van der Waals surface area contributed by atoms with Gasteiger partial charge in [0.1, 0.15) is 5.75 Å². The largest absolute Gasteiger partial charge is 0.481 e. The van der Waals surface area contributed by atoms with E-state index in [1.165, 1.54) is 24.0 Å². The normalized spacial score (nSPS) is 14.9. The van der Waals surface area contributed by atoms with Crippen molar-refractivity contribution < 1.29 is 17.9 Å². The Morgan fingerprint density at radius 2 is 1.82 bits per heavy atom. The lowest BCUT2D eigenvalue weighted by molar-refractivity contribution is -0.124. The Morgan fingerprint density at radius 1 is 1.11 bits per heavy atom. The van der Waals surface area contributed by atoms with Crippen LogP contribution in [-0.2, 0) is 21.2 Å². The van der Waals surface area contributed by atoms with Crippen LogP contribution >= 0.6 is 0 Å². The minimum Gasteiger partial charge on any atom is -0.481 e. The molecule has 0 fully saturated rings. The summed E-state index contributed by atoms with van der Waals surface area (Å²) in [6, 6.07) is 10.7. The van der Waals surface area contributed by atoms with Gasteiger partial charge < -0.3 is 9.64 Å². The van der Waals surface area contributed by atoms with E-state index in [4.69, 9.17) is 4.74 Å². The van der Waals surface area contributed by atoms with E-state index in [1.807, 2.05) is 32.0 Å². The molecule has 150 valence electrons. The highest BCUT2D eigenvalue weighted by Crippen LogP contribution is 2.31. The number of carbonyl (C=O) groups is 1. The number of rotatable bonds is 5. The van der Waals surface area contributed by atoms with Crippen LogP contribution in [0.3, 0.4) is 0 Å². The zero-order valence-electron chi connectivity index (χ0n) is 16.9. The number of ether oxygens (including phenoxy) is 1. The number of hydrogen-bond donors (Lipinski definition) is 0. The number of anilines is 1. The number of nitrogens with zero attached hydrogens (tertiary/aromatic N) is 2. The van der Waals surface area contributed by atoms with Gasteiger partial charge in [-0.15, -0.1) is 0 Å². The first-order chi connectivity index (χ1) is 13.1. The molecule has 0 N–H and O–H groups in total. The fraction of sp³-hybridized carbons (Fsp3) is 0.381. The summed E-state index contributed by atoms with van der Waals surface area (Å²) in [4.78, 5) is 14.8. The Balaban J connectivity index is 1.79. The maximum absolute atomic E-state index is 12.9. The number of fused-ring (bicyclic) bond motifs is 1. The van der Waals surface area contributed by atoms with Gasteiger partial charge in [0.05, 0.1) is 4.90 Å². The van der Waals surface area contributed by atoms with Gasteiger partial charge in [-0.25, -0.2) is 12.7 Å². The van der Waals surface area contributed by atoms with Gasteiger partial charge >= 0.3 is 0 Å². The lowest BCUT2D eigenvalue weighted by atomic mass is 10.1. The average Bonchev–Trinajstić information content (AvgIpc) is 3.07. The van der Waals surface area contributed by atoms with Crippen LogP contribution in [0.1, 0.15) is 23.6 Å². The van der Waals surface area contributed by atoms with E-state index in [-0.39, 0.29) is 10.8 Å². The molecule has 0 aliphatic carbocycles. The van der Waals surface area contributed by atoms with Crippen LogP contribution in [0.4, 0.5) is 5.69 Å². The van der Waals surface area contributed by atoms with Gasteiger partial charge in [-0.3, -0.25) is 4.79 Å². The maximum Gasteiger partial charge on any atom is 0.267 e. The molecule has 1 aliphatic rings. The van der Waals surface area contributed by atoms with Crippen LogP contribution in [-0.4, -0.2) is 45.4 Å². The molecular formula is C21H26N2O4S. The fourth-order valence-electron chi connectivity index (χ4n) is 3.24. The summed E-state index contributed by atoms with van der Waals surface area (Å²) in [5.41, 5.74) is 3.88. The van der Waals surface area contributed by atoms with Crippen LogP contribution in [0.25, 0.3) is 0 Å². The summed E-state index contributed by atoms with van der Waals surface area (Å²) in [5.74, 6) is 0.524. The summed E-state index contributed by atoms with van der Waals surface area (Å²) in [5, 5.41) is 0. The van der Waals surface area contributed by atoms with Gasteiger partial charge in [-0.1, -0.05) is 6.07 Å². The predicted octanol–water partition coefficient (Wildman–Crippen LogP) is 2.91. The molecule has 1 heterocycles. The molecule has 1 aliphatic heterocycles. The predicted molar refractivity (Wildman–Crippen MR) is 109 cm³/mol. The first kappa shape index (κ1) is 20.4. The molecule has 0 saturated heterocycles. The summed E-state index contributed by atoms with van der Waals surface area (Å²) in [6.07, 6.45) is -0.0213. The Kier molecular flexibility index (Phi) is 5.50. The topological polar surface area (TPSA) is 66.9 Å². The molecule has 2 aromatic carbocycles. The molecule has 28 heavy (non-hydrogen) atoms. The summed E-state index contributed by atoms with van der Waals surface area (Å²) in [6.45, 7) is 6.28. The Bertz CT molecular complexity index is 1020. The standard InChI is InChI=1S/C21H26N2O4S/c1-14-6-7-18(12-15(14)2)27-16(3)21(24)23-11-10-17-13-19(8-9-20(17)23)28(25,26)22(4)5/h6-9,12-13,16H,10-11H2,1-5H3/t16-/m0/s1. The molecular weight excluding hydrogens is 376 g/mol. The van der Waals surface area contributed by atoms with Crippen LogP contribution in [0.2, 0.25) is 0 Å². The first-order valence-electron chi connectivity index (χ1n) is 9.22. The second-order valence-corrected chi connectivity index (χ2v) is 9.48. The van der Waals surface area contributed by atoms with Crippen molar-refractivity contribution in [3.05, 3.63) is 53.1 Å². The van der Waals surface area contributed by atoms with Crippen molar-refractivity contribution in [2.45, 2.75) is 38.2 Å². The van der Waals surface area contributed by atoms with Crippen LogP contribution in [0, 0.1) is 13.8 Å². The van der Waals surface area contributed by atoms with Gasteiger partial charge in [-0.2, -0.15) is 0 Å². The SMILES string of the molecule is Cc1ccc(O[C@@H](C)C(=O)N2CCc3cc(S(=O)(=O)N(C)C)ccc32)cc1C. The van der Waals surface area contributed by atoms with Gasteiger partial charge in [0.25, 0.3) is 5.91 Å². The quantitative estimate of drug-likeness (QED) is 0.771. The zero-order chi connectivity index (χ0) is 20.6. The number of carbonyl (C=O) groups excluding carboxylic acids is 1. The van der Waals surface area contributed by atoms with Crippen molar-refractivity contribution >= 4 is 21.6 Å². The number of benzene rings is 2. The smallest absolute Gasteiger partial charge is 0.267 e. The van der Waals surface area contributed by atoms with Gasteiger partial charge in [0.15, 0.2) is 6.10 Å². The Labute approximate surface area is 166 Å². The Hall–Kier alpha value is -2.38. The van der Waals surface area contributed by atoms with Crippen LogP contribution in [0.5, 0.6) is 5.75 Å². The molecule has 0 unspecified atom stereocenters. The summed E-state index contributed by atoms with van der Waals surface area (Å²) >= 11 is 0. The van der Waals surface area contributed by atoms with Crippen molar-refractivity contribution in [2.24, 2.45) is 0 Å². The average molecular weight is 403 g/mol. The van der Waals surface area contributed by atoms with Crippen LogP contribution < -0.4 is 9.64 Å². The zero-order valence-corrected chi connectivity index (χ0v) is 17.7. The van der Waals surface area contributed by atoms with E-state index in [0.29, 0.717) is 18.7 Å². The number of aryl methyl sites for hydroxylation is 2. The third kappa shape index (κ3) is 3.77. The molecule has 6 nitrogen and oxygen atoms in total. The molecule has 0 bridgehead atoms. The molecule has 0 saturated carbocycles. The second-order valence-electron chi connectivity index (χ2n) is 7.32. The van der Waals surface area contributed by atoms with Crippen molar-refractivity contribution in [2.75, 3.05) is 25.5 Å². The van der Waals surface area contributed by atoms with E-state index >= 15 is 0 Å². The van der Waals surface area contributed by atoms with Gasteiger partial charge in [0, 0.05) is 26.3 Å². The molecule has 0 aromatic heterocycles. The molecule has 1 atom stereocenters. The summed E-state index contributed by atoms with van der Waals surface area (Å²) in [7, 11) is -0.487. The second kappa shape index (κ2) is 7.56. The fourth-order valence-corrected chi connectivity index (χ4v) is 4.19. The first-order valence-corrected chi connectivity index (χ1v) is 10.7. The van der Waals surface area contributed by atoms with E-state index in [2.05, 4.69) is 0 Å². The lowest BCUT2D eigenvalue weighted by Gasteiger charge is -2.23. The molecule has 0 spiro atoms. The van der Waals surface area contributed by atoms with Gasteiger partial charge in [-0.05, 0) is 74.2 Å². The third-order valence-electron chi connectivity index (χ3n) is 5.13. The lowest BCUT2D eigenvalue weighted by Crippen LogP contribution is -2.39. The monoisotopic (exact) mass is 402 g/mol.